The normalized spacial score (nSPS) is 10.7. The largest absolute Gasteiger partial charge is 0.497 e. The molecule has 0 fully saturated rings. The first-order valence-electron chi connectivity index (χ1n) is 7.86. The number of carbonyl (C=O) groups excluding carboxylic acids is 1. The van der Waals surface area contributed by atoms with Crippen LogP contribution < -0.4 is 4.74 Å². The van der Waals surface area contributed by atoms with E-state index in [1.165, 1.54) is 11.8 Å². The highest BCUT2D eigenvalue weighted by molar-refractivity contribution is 7.99. The van der Waals surface area contributed by atoms with Crippen LogP contribution in [0.5, 0.6) is 5.75 Å². The number of aromatic nitrogens is 3. The smallest absolute Gasteiger partial charge is 0.196 e. The van der Waals surface area contributed by atoms with E-state index >= 15 is 0 Å². The highest BCUT2D eigenvalue weighted by Gasteiger charge is 2.13. The Balaban J connectivity index is 1.73. The summed E-state index contributed by atoms with van der Waals surface area (Å²) in [6.07, 6.45) is 1.64. The number of hydrogen-bond acceptors (Lipinski definition) is 5. The van der Waals surface area contributed by atoms with Crippen molar-refractivity contribution in [2.75, 3.05) is 12.9 Å². The third-order valence-corrected chi connectivity index (χ3v) is 4.82. The molecule has 25 heavy (non-hydrogen) atoms. The van der Waals surface area contributed by atoms with Crippen LogP contribution in [0.4, 0.5) is 0 Å². The fourth-order valence-corrected chi connectivity index (χ4v) is 3.39. The number of hydrogen-bond donors (Lipinski definition) is 0. The molecular formula is C19H19N3O2S. The molecule has 0 N–H and O–H groups in total. The molecule has 0 amide bonds. The van der Waals surface area contributed by atoms with E-state index in [0.29, 0.717) is 10.9 Å². The summed E-state index contributed by atoms with van der Waals surface area (Å²) < 4.78 is 7.03. The van der Waals surface area contributed by atoms with Gasteiger partial charge in [-0.2, -0.15) is 0 Å². The predicted octanol–water partition coefficient (Wildman–Crippen LogP) is 3.87. The van der Waals surface area contributed by atoms with E-state index in [1.807, 2.05) is 60.9 Å². The topological polar surface area (TPSA) is 57.0 Å². The Hall–Kier alpha value is -2.60. The summed E-state index contributed by atoms with van der Waals surface area (Å²) in [6.45, 7) is 3.98. The summed E-state index contributed by atoms with van der Waals surface area (Å²) in [5.41, 5.74) is 3.84. The zero-order valence-electron chi connectivity index (χ0n) is 14.4. The molecule has 0 unspecified atom stereocenters. The molecule has 0 atom stereocenters. The number of aryl methyl sites for hydroxylation is 2. The maximum absolute atomic E-state index is 12.5. The van der Waals surface area contributed by atoms with Crippen LogP contribution in [0, 0.1) is 13.8 Å². The van der Waals surface area contributed by atoms with Gasteiger partial charge in [0.15, 0.2) is 10.9 Å². The molecule has 3 rings (SSSR count). The minimum absolute atomic E-state index is 0.0896. The van der Waals surface area contributed by atoms with Crippen LogP contribution in [0.15, 0.2) is 53.9 Å². The SMILES string of the molecule is COc1ccc(-n2cnnc2SCC(=O)c2ccc(C)cc2C)cc1. The molecule has 5 nitrogen and oxygen atoms in total. The summed E-state index contributed by atoms with van der Waals surface area (Å²) in [5.74, 6) is 1.20. The maximum atomic E-state index is 12.5. The highest BCUT2D eigenvalue weighted by Crippen LogP contribution is 2.23. The molecule has 0 radical (unpaired) electrons. The Kier molecular flexibility index (Phi) is 5.19. The van der Waals surface area contributed by atoms with Crippen LogP contribution >= 0.6 is 11.8 Å². The Morgan fingerprint density at radius 3 is 2.60 bits per heavy atom. The van der Waals surface area contributed by atoms with Gasteiger partial charge in [-0.25, -0.2) is 0 Å². The molecule has 0 saturated heterocycles. The average Bonchev–Trinajstić information content (AvgIpc) is 3.08. The van der Waals surface area contributed by atoms with Gasteiger partial charge in [0.1, 0.15) is 12.1 Å². The average molecular weight is 353 g/mol. The van der Waals surface area contributed by atoms with Crippen LogP contribution in [0.25, 0.3) is 5.69 Å². The molecule has 0 aliphatic carbocycles. The van der Waals surface area contributed by atoms with Crippen molar-refractivity contribution in [3.8, 4) is 11.4 Å². The van der Waals surface area contributed by atoms with Gasteiger partial charge in [-0.1, -0.05) is 35.5 Å². The third kappa shape index (κ3) is 3.91. The van der Waals surface area contributed by atoms with Gasteiger partial charge >= 0.3 is 0 Å². The number of thioether (sulfide) groups is 1. The van der Waals surface area contributed by atoms with Crippen molar-refractivity contribution in [3.05, 3.63) is 65.5 Å². The number of ether oxygens (including phenoxy) is 1. The van der Waals surface area contributed by atoms with E-state index in [0.717, 1.165) is 28.1 Å². The van der Waals surface area contributed by atoms with Crippen LogP contribution in [0.3, 0.4) is 0 Å². The van der Waals surface area contributed by atoms with E-state index in [-0.39, 0.29) is 5.78 Å². The standard InChI is InChI=1S/C19H19N3O2S/c1-13-4-9-17(14(2)10-13)18(23)11-25-19-21-20-12-22(19)15-5-7-16(24-3)8-6-15/h4-10,12H,11H2,1-3H3. The molecule has 0 aliphatic rings. The number of rotatable bonds is 6. The molecule has 3 aromatic rings. The van der Waals surface area contributed by atoms with E-state index in [9.17, 15) is 4.79 Å². The van der Waals surface area contributed by atoms with Crippen LogP contribution in [-0.2, 0) is 0 Å². The second kappa shape index (κ2) is 7.53. The van der Waals surface area contributed by atoms with Crippen molar-refractivity contribution in [1.82, 2.24) is 14.8 Å². The predicted molar refractivity (Wildman–Crippen MR) is 98.9 cm³/mol. The second-order valence-corrected chi connectivity index (χ2v) is 6.65. The Morgan fingerprint density at radius 2 is 1.92 bits per heavy atom. The summed E-state index contributed by atoms with van der Waals surface area (Å²) >= 11 is 1.38. The van der Waals surface area contributed by atoms with Crippen LogP contribution in [-0.4, -0.2) is 33.4 Å². The Morgan fingerprint density at radius 1 is 1.16 bits per heavy atom. The van der Waals surface area contributed by atoms with Gasteiger partial charge in [0.05, 0.1) is 12.9 Å². The van der Waals surface area contributed by atoms with E-state index in [2.05, 4.69) is 10.2 Å². The van der Waals surface area contributed by atoms with Crippen LogP contribution in [0.2, 0.25) is 0 Å². The van der Waals surface area contributed by atoms with Crippen molar-refractivity contribution in [2.45, 2.75) is 19.0 Å². The van der Waals surface area contributed by atoms with Crippen molar-refractivity contribution in [3.63, 3.8) is 0 Å². The first-order valence-corrected chi connectivity index (χ1v) is 8.85. The lowest BCUT2D eigenvalue weighted by Gasteiger charge is -2.08. The number of Topliss-reactive ketones (excluding diaryl/α,β-unsaturated/α-hetero) is 1. The molecule has 1 heterocycles. The molecular weight excluding hydrogens is 334 g/mol. The third-order valence-electron chi connectivity index (χ3n) is 3.88. The van der Waals surface area contributed by atoms with Crippen molar-refractivity contribution >= 4 is 17.5 Å². The van der Waals surface area contributed by atoms with Crippen LogP contribution in [0.1, 0.15) is 21.5 Å². The molecule has 0 saturated carbocycles. The molecule has 0 bridgehead atoms. The highest BCUT2D eigenvalue weighted by atomic mass is 32.2. The van der Waals surface area contributed by atoms with Crippen molar-refractivity contribution < 1.29 is 9.53 Å². The lowest BCUT2D eigenvalue weighted by Crippen LogP contribution is -2.06. The van der Waals surface area contributed by atoms with E-state index in [1.54, 1.807) is 13.4 Å². The van der Waals surface area contributed by atoms with Gasteiger partial charge in [-0.15, -0.1) is 10.2 Å². The number of nitrogens with zero attached hydrogens (tertiary/aromatic N) is 3. The Labute approximate surface area is 151 Å². The van der Waals surface area contributed by atoms with Gasteiger partial charge in [0, 0.05) is 11.3 Å². The summed E-state index contributed by atoms with van der Waals surface area (Å²) in [4.78, 5) is 12.5. The lowest BCUT2D eigenvalue weighted by atomic mass is 10.0. The fraction of sp³-hybridized carbons (Fsp3) is 0.211. The number of methoxy groups -OCH3 is 1. The molecule has 128 valence electrons. The van der Waals surface area contributed by atoms with Crippen molar-refractivity contribution in [1.29, 1.82) is 0 Å². The van der Waals surface area contributed by atoms with Gasteiger partial charge in [-0.05, 0) is 43.7 Å². The minimum Gasteiger partial charge on any atom is -0.497 e. The minimum atomic E-state index is 0.0896. The van der Waals surface area contributed by atoms with Gasteiger partial charge in [0.2, 0.25) is 0 Å². The number of carbonyl (C=O) groups is 1. The first-order chi connectivity index (χ1) is 12.1. The van der Waals surface area contributed by atoms with Crippen molar-refractivity contribution in [2.24, 2.45) is 0 Å². The molecule has 1 aromatic heterocycles. The zero-order chi connectivity index (χ0) is 17.8. The van der Waals surface area contributed by atoms with E-state index in [4.69, 9.17) is 4.74 Å². The number of benzene rings is 2. The number of ketones is 1. The second-order valence-electron chi connectivity index (χ2n) is 5.71. The van der Waals surface area contributed by atoms with E-state index < -0.39 is 0 Å². The fourth-order valence-electron chi connectivity index (χ4n) is 2.58. The van der Waals surface area contributed by atoms with Gasteiger partial charge in [-0.3, -0.25) is 9.36 Å². The molecule has 2 aromatic carbocycles. The molecule has 0 aliphatic heterocycles. The quantitative estimate of drug-likeness (QED) is 0.497. The monoisotopic (exact) mass is 353 g/mol. The Bertz CT molecular complexity index is 888. The van der Waals surface area contributed by atoms with Gasteiger partial charge < -0.3 is 4.74 Å². The zero-order valence-corrected chi connectivity index (χ0v) is 15.2. The van der Waals surface area contributed by atoms with Gasteiger partial charge in [0.25, 0.3) is 0 Å². The molecule has 6 heteroatoms. The lowest BCUT2D eigenvalue weighted by molar-refractivity contribution is 0.102. The summed E-state index contributed by atoms with van der Waals surface area (Å²) in [7, 11) is 1.63. The molecule has 0 spiro atoms. The summed E-state index contributed by atoms with van der Waals surface area (Å²) in [6, 6.07) is 13.5. The summed E-state index contributed by atoms with van der Waals surface area (Å²) in [5, 5.41) is 8.78. The maximum Gasteiger partial charge on any atom is 0.196 e. The first kappa shape index (κ1) is 17.2.